The summed E-state index contributed by atoms with van der Waals surface area (Å²) in [4.78, 5) is 11.9. The molecule has 35 heavy (non-hydrogen) atoms. The Morgan fingerprint density at radius 3 is 2.29 bits per heavy atom. The molecule has 1 fully saturated rings. The van der Waals surface area contributed by atoms with Gasteiger partial charge in [-0.2, -0.15) is 0 Å². The summed E-state index contributed by atoms with van der Waals surface area (Å²) in [6, 6.07) is 5.73. The number of rotatable bonds is 5. The molecule has 0 aromatic heterocycles. The molecule has 1 aromatic carbocycles. The van der Waals surface area contributed by atoms with Crippen LogP contribution >= 0.6 is 12.4 Å². The van der Waals surface area contributed by atoms with E-state index in [2.05, 4.69) is 0 Å². The minimum absolute atomic E-state index is 0. The maximum Gasteiger partial charge on any atom is 0.229 e. The first-order valence-corrected chi connectivity index (χ1v) is 10.0. The molecule has 2 heterocycles. The second-order valence-corrected chi connectivity index (χ2v) is 7.66. The Bertz CT molecular complexity index is 1230. The third-order valence-corrected chi connectivity index (χ3v) is 5.43. The lowest BCUT2D eigenvalue weighted by molar-refractivity contribution is -0.277. The van der Waals surface area contributed by atoms with Gasteiger partial charge in [-0.15, -0.1) is 12.4 Å². The van der Waals surface area contributed by atoms with E-state index in [1.54, 1.807) is 0 Å². The van der Waals surface area contributed by atoms with Crippen molar-refractivity contribution in [2.45, 2.75) is 30.7 Å². The van der Waals surface area contributed by atoms with Gasteiger partial charge in [0, 0.05) is 17.7 Å². The van der Waals surface area contributed by atoms with Crippen molar-refractivity contribution in [2.75, 3.05) is 13.7 Å². The molecule has 3 aliphatic rings. The van der Waals surface area contributed by atoms with Crippen LogP contribution in [-0.4, -0.2) is 80.2 Å². The van der Waals surface area contributed by atoms with Gasteiger partial charge in [0.25, 0.3) is 0 Å². The molecule has 1 aromatic rings. The number of phenols is 3. The standard InChI is InChI=1S/C22H22O12.ClH/c1-31-14-3-8(2-12(26)17(14)27)21-15(6-10-11(25)4-9(24)5-13(10)32-21)33-22-20(30)19(29)18(28)16(7-23)34-22;/h2-6,16,18-20,22-23,25-30H,7H2,1H3;1H/t16-,18+,19+,20-,22-;/m1./s1. The minimum Gasteiger partial charge on any atom is -0.507 e. The highest BCUT2D eigenvalue weighted by Crippen LogP contribution is 2.45. The molecule has 7 N–H and O–H groups in total. The Labute approximate surface area is 203 Å². The van der Waals surface area contributed by atoms with E-state index >= 15 is 0 Å². The molecule has 0 unspecified atom stereocenters. The molecule has 12 nitrogen and oxygen atoms in total. The summed E-state index contributed by atoms with van der Waals surface area (Å²) in [6.07, 6.45) is -7.93. The lowest BCUT2D eigenvalue weighted by atomic mass is 9.99. The number of aliphatic hydroxyl groups excluding tert-OH is 4. The van der Waals surface area contributed by atoms with Crippen molar-refractivity contribution in [3.63, 3.8) is 0 Å². The van der Waals surface area contributed by atoms with Crippen molar-refractivity contribution in [3.8, 4) is 51.4 Å². The molecule has 0 amide bonds. The average Bonchev–Trinajstić information content (AvgIpc) is 2.81. The van der Waals surface area contributed by atoms with Gasteiger partial charge in [0.1, 0.15) is 35.9 Å². The fourth-order valence-electron chi connectivity index (χ4n) is 3.63. The molecule has 0 spiro atoms. The van der Waals surface area contributed by atoms with Crippen LogP contribution in [0.25, 0.3) is 22.6 Å². The Morgan fingerprint density at radius 2 is 1.63 bits per heavy atom. The van der Waals surface area contributed by atoms with E-state index in [0.29, 0.717) is 0 Å². The zero-order valence-corrected chi connectivity index (χ0v) is 18.9. The third-order valence-electron chi connectivity index (χ3n) is 5.43. The van der Waals surface area contributed by atoms with Gasteiger partial charge in [-0.1, -0.05) is 0 Å². The maximum atomic E-state index is 11.9. The topological polar surface area (TPSA) is 200 Å². The van der Waals surface area contributed by atoms with Gasteiger partial charge in [0.2, 0.25) is 12.0 Å². The summed E-state index contributed by atoms with van der Waals surface area (Å²) in [5.74, 6) is -2.02. The molecule has 0 bridgehead atoms. The molecular formula is C22H23ClO12. The second-order valence-electron chi connectivity index (χ2n) is 7.66. The summed E-state index contributed by atoms with van der Waals surface area (Å²) in [5.41, 5.74) is -0.393. The smallest absolute Gasteiger partial charge is 0.229 e. The SMILES string of the molecule is COc1cc(-c2oc3cc(=O)cc(O)c-3cc2O[C@@H]2O[C@H](CO)[C@H](O)[C@H](O)[C@H]2O)cc(O)c1O.Cl. The summed E-state index contributed by atoms with van der Waals surface area (Å²) >= 11 is 0. The highest BCUT2D eigenvalue weighted by Gasteiger charge is 2.45. The normalized spacial score (nSPS) is 24.1. The molecule has 1 saturated heterocycles. The molecule has 190 valence electrons. The molecule has 13 heteroatoms. The van der Waals surface area contributed by atoms with E-state index in [-0.39, 0.29) is 46.6 Å². The highest BCUT2D eigenvalue weighted by atomic mass is 35.5. The van der Waals surface area contributed by atoms with E-state index < -0.39 is 60.0 Å². The lowest BCUT2D eigenvalue weighted by Gasteiger charge is -2.39. The lowest BCUT2D eigenvalue weighted by Crippen LogP contribution is -2.60. The monoisotopic (exact) mass is 514 g/mol. The van der Waals surface area contributed by atoms with Gasteiger partial charge in [-0.25, -0.2) is 0 Å². The molecule has 0 radical (unpaired) electrons. The van der Waals surface area contributed by atoms with Crippen LogP contribution in [0.15, 0.2) is 39.5 Å². The van der Waals surface area contributed by atoms with E-state index in [1.807, 2.05) is 0 Å². The average molecular weight is 515 g/mol. The van der Waals surface area contributed by atoms with E-state index in [0.717, 1.165) is 18.2 Å². The summed E-state index contributed by atoms with van der Waals surface area (Å²) in [7, 11) is 1.25. The number of halogens is 1. The fraction of sp³-hybridized carbons (Fsp3) is 0.318. The first kappa shape index (κ1) is 26.3. The Morgan fingerprint density at radius 1 is 0.914 bits per heavy atom. The van der Waals surface area contributed by atoms with E-state index in [9.17, 15) is 40.5 Å². The molecule has 2 aliphatic heterocycles. The zero-order chi connectivity index (χ0) is 24.7. The van der Waals surface area contributed by atoms with Crippen molar-refractivity contribution in [3.05, 3.63) is 40.6 Å². The number of benzene rings is 2. The van der Waals surface area contributed by atoms with E-state index in [4.69, 9.17) is 18.6 Å². The van der Waals surface area contributed by atoms with Crippen molar-refractivity contribution in [2.24, 2.45) is 0 Å². The minimum atomic E-state index is -1.75. The largest absolute Gasteiger partial charge is 0.507 e. The van der Waals surface area contributed by atoms with Crippen LogP contribution in [0.2, 0.25) is 0 Å². The van der Waals surface area contributed by atoms with E-state index in [1.165, 1.54) is 19.2 Å². The molecule has 1 aliphatic carbocycles. The van der Waals surface area contributed by atoms with Crippen LogP contribution in [0.5, 0.6) is 28.7 Å². The molecule has 0 saturated carbocycles. The zero-order valence-electron chi connectivity index (χ0n) is 18.1. The number of fused-ring (bicyclic) bond motifs is 1. The van der Waals surface area contributed by atoms with Gasteiger partial charge in [-0.3, -0.25) is 4.79 Å². The predicted octanol–water partition coefficient (Wildman–Crippen LogP) is 0.137. The second kappa shape index (κ2) is 10.2. The quantitative estimate of drug-likeness (QED) is 0.227. The van der Waals surface area contributed by atoms with Crippen molar-refractivity contribution < 1.29 is 54.4 Å². The molecular weight excluding hydrogens is 492 g/mol. The van der Waals surface area contributed by atoms with Crippen molar-refractivity contribution in [1.82, 2.24) is 0 Å². The Hall–Kier alpha value is -3.26. The van der Waals surface area contributed by atoms with Crippen LogP contribution in [0.4, 0.5) is 0 Å². The number of aliphatic hydroxyl groups is 4. The van der Waals surface area contributed by atoms with Crippen LogP contribution in [0.1, 0.15) is 0 Å². The third kappa shape index (κ3) is 4.80. The number of aromatic hydroxyl groups is 3. The van der Waals surface area contributed by atoms with Crippen LogP contribution in [0, 0.1) is 0 Å². The number of ether oxygens (including phenoxy) is 3. The van der Waals surface area contributed by atoms with Crippen molar-refractivity contribution >= 4 is 12.4 Å². The highest BCUT2D eigenvalue weighted by molar-refractivity contribution is 5.85. The number of methoxy groups -OCH3 is 1. The number of hydrogen-bond acceptors (Lipinski definition) is 12. The van der Waals surface area contributed by atoms with Gasteiger partial charge >= 0.3 is 0 Å². The molecule has 5 atom stereocenters. The summed E-state index contributed by atoms with van der Waals surface area (Å²) in [6.45, 7) is -0.685. The van der Waals surface area contributed by atoms with Crippen LogP contribution in [0.3, 0.4) is 0 Å². The maximum absolute atomic E-state index is 11.9. The van der Waals surface area contributed by atoms with Crippen molar-refractivity contribution in [1.29, 1.82) is 0 Å². The predicted molar refractivity (Wildman–Crippen MR) is 120 cm³/mol. The Balaban J connectivity index is 0.00000342. The number of phenolic OH excluding ortho intramolecular Hbond substituents is 3. The first-order chi connectivity index (χ1) is 16.1. The Kier molecular flexibility index (Phi) is 7.65. The van der Waals surface area contributed by atoms with Gasteiger partial charge in [0.05, 0.1) is 19.3 Å². The summed E-state index contributed by atoms with van der Waals surface area (Å²) in [5, 5.41) is 70.1. The van der Waals surface area contributed by atoms with Crippen LogP contribution < -0.4 is 14.9 Å². The fourth-order valence-corrected chi connectivity index (χ4v) is 3.63. The van der Waals surface area contributed by atoms with Crippen LogP contribution in [-0.2, 0) is 4.74 Å². The number of hydrogen-bond donors (Lipinski definition) is 7. The molecule has 4 rings (SSSR count). The van der Waals surface area contributed by atoms with Gasteiger partial charge < -0.3 is 54.4 Å². The van der Waals surface area contributed by atoms with Gasteiger partial charge in [0.15, 0.2) is 28.4 Å². The van der Waals surface area contributed by atoms with Gasteiger partial charge in [-0.05, 0) is 18.2 Å². The first-order valence-electron chi connectivity index (χ1n) is 10.0. The summed E-state index contributed by atoms with van der Waals surface area (Å²) < 4.78 is 21.9.